The van der Waals surface area contributed by atoms with Crippen LogP contribution in [0, 0.1) is 0 Å². The highest BCUT2D eigenvalue weighted by Gasteiger charge is 2.35. The van der Waals surface area contributed by atoms with E-state index in [1.807, 2.05) is 6.92 Å². The molecule has 2 amide bonds. The lowest BCUT2D eigenvalue weighted by molar-refractivity contribution is -0.140. The Labute approximate surface area is 270 Å². The molecule has 11 heteroatoms. The second-order valence-corrected chi connectivity index (χ2v) is 13.5. The molecule has 1 atom stereocenters. The Morgan fingerprint density at radius 2 is 1.52 bits per heavy atom. The second kappa shape index (κ2) is 15.6. The van der Waals surface area contributed by atoms with Crippen molar-refractivity contribution in [3.63, 3.8) is 0 Å². The van der Waals surface area contributed by atoms with Gasteiger partial charge in [-0.15, -0.1) is 0 Å². The van der Waals surface area contributed by atoms with Crippen molar-refractivity contribution in [1.29, 1.82) is 0 Å². The predicted octanol–water partition coefficient (Wildman–Crippen LogP) is 6.84. The van der Waals surface area contributed by atoms with E-state index in [9.17, 15) is 18.0 Å². The highest BCUT2D eigenvalue weighted by molar-refractivity contribution is 7.92. The maximum atomic E-state index is 14.3. The van der Waals surface area contributed by atoms with Crippen LogP contribution in [0.3, 0.4) is 0 Å². The molecule has 4 rings (SSSR count). The lowest BCUT2D eigenvalue weighted by atomic mass is 9.95. The van der Waals surface area contributed by atoms with Gasteiger partial charge in [0.05, 0.1) is 17.2 Å². The molecule has 0 spiro atoms. The standard InChI is InChI=1S/C33H39Cl2N3O5S/c1-3-29(33(40)36-27-10-6-5-7-11-27)37(22-24-14-16-25(34)17-15-24)32(39)23-38(30-12-8-9-13-31(30)43-4-2)44(41,42)28-20-18-26(35)19-21-28/h8-9,12-21,27,29H,3-7,10-11,22-23H2,1-2H3,(H,36,40)/t29-/m0/s1. The smallest absolute Gasteiger partial charge is 0.264 e. The minimum Gasteiger partial charge on any atom is -0.492 e. The number of benzene rings is 3. The van der Waals surface area contributed by atoms with Crippen molar-refractivity contribution in [2.24, 2.45) is 0 Å². The third-order valence-corrected chi connectivity index (χ3v) is 10.00. The summed E-state index contributed by atoms with van der Waals surface area (Å²) in [6.07, 6.45) is 5.38. The number of carbonyl (C=O) groups is 2. The third-order valence-electron chi connectivity index (χ3n) is 7.72. The molecule has 3 aromatic carbocycles. The van der Waals surface area contributed by atoms with E-state index in [2.05, 4.69) is 5.32 Å². The number of sulfonamides is 1. The number of nitrogens with zero attached hydrogens (tertiary/aromatic N) is 2. The van der Waals surface area contributed by atoms with Crippen molar-refractivity contribution in [2.45, 2.75) is 75.9 Å². The minimum absolute atomic E-state index is 0.0349. The van der Waals surface area contributed by atoms with Crippen LogP contribution in [0.2, 0.25) is 10.0 Å². The van der Waals surface area contributed by atoms with Crippen molar-refractivity contribution in [3.05, 3.63) is 88.4 Å². The van der Waals surface area contributed by atoms with Crippen molar-refractivity contribution < 1.29 is 22.7 Å². The number of nitrogens with one attached hydrogen (secondary N) is 1. The number of rotatable bonds is 13. The van der Waals surface area contributed by atoms with Crippen molar-refractivity contribution >= 4 is 50.7 Å². The molecular weight excluding hydrogens is 621 g/mol. The van der Waals surface area contributed by atoms with Crippen LogP contribution in [0.25, 0.3) is 0 Å². The molecule has 8 nitrogen and oxygen atoms in total. The number of carbonyl (C=O) groups excluding carboxylic acids is 2. The largest absolute Gasteiger partial charge is 0.492 e. The molecule has 1 saturated carbocycles. The van der Waals surface area contributed by atoms with Gasteiger partial charge < -0.3 is 15.0 Å². The molecule has 0 bridgehead atoms. The van der Waals surface area contributed by atoms with Crippen LogP contribution >= 0.6 is 23.2 Å². The van der Waals surface area contributed by atoms with Crippen LogP contribution < -0.4 is 14.4 Å². The van der Waals surface area contributed by atoms with Crippen LogP contribution in [0.1, 0.15) is 57.9 Å². The third kappa shape index (κ3) is 8.46. The fourth-order valence-corrected chi connectivity index (χ4v) is 7.11. The van der Waals surface area contributed by atoms with Gasteiger partial charge in [-0.05, 0) is 80.3 Å². The van der Waals surface area contributed by atoms with Gasteiger partial charge >= 0.3 is 0 Å². The van der Waals surface area contributed by atoms with Crippen LogP contribution in [0.4, 0.5) is 5.69 Å². The number of anilines is 1. The first-order chi connectivity index (χ1) is 21.1. The molecule has 44 heavy (non-hydrogen) atoms. The number of hydrogen-bond acceptors (Lipinski definition) is 5. The molecule has 1 fully saturated rings. The van der Waals surface area contributed by atoms with E-state index < -0.39 is 28.5 Å². The van der Waals surface area contributed by atoms with Gasteiger partial charge in [-0.2, -0.15) is 0 Å². The van der Waals surface area contributed by atoms with E-state index >= 15 is 0 Å². The number of hydrogen-bond donors (Lipinski definition) is 1. The first-order valence-electron chi connectivity index (χ1n) is 15.0. The summed E-state index contributed by atoms with van der Waals surface area (Å²) in [5.74, 6) is -0.468. The fraction of sp³-hybridized carbons (Fsp3) is 0.394. The average Bonchev–Trinajstić information content (AvgIpc) is 3.02. The van der Waals surface area contributed by atoms with E-state index in [4.69, 9.17) is 27.9 Å². The summed E-state index contributed by atoms with van der Waals surface area (Å²) < 4.78 is 35.1. The van der Waals surface area contributed by atoms with Gasteiger partial charge in [0.1, 0.15) is 18.3 Å². The summed E-state index contributed by atoms with van der Waals surface area (Å²) in [6, 6.07) is 18.7. The Kier molecular flexibility index (Phi) is 11.9. The van der Waals surface area contributed by atoms with E-state index in [0.29, 0.717) is 28.8 Å². The molecule has 3 aromatic rings. The van der Waals surface area contributed by atoms with Gasteiger partial charge in [-0.1, -0.05) is 73.7 Å². The Morgan fingerprint density at radius 3 is 2.14 bits per heavy atom. The molecule has 1 aliphatic rings. The molecule has 1 aliphatic carbocycles. The molecule has 1 N–H and O–H groups in total. The van der Waals surface area contributed by atoms with Crippen LogP contribution in [0.5, 0.6) is 5.75 Å². The first-order valence-corrected chi connectivity index (χ1v) is 17.2. The zero-order valence-electron chi connectivity index (χ0n) is 25.0. The Morgan fingerprint density at radius 1 is 0.909 bits per heavy atom. The highest BCUT2D eigenvalue weighted by Crippen LogP contribution is 2.33. The van der Waals surface area contributed by atoms with Gasteiger partial charge in [0.15, 0.2) is 0 Å². The lowest BCUT2D eigenvalue weighted by Crippen LogP contribution is -2.54. The van der Waals surface area contributed by atoms with Crippen molar-refractivity contribution in [3.8, 4) is 5.75 Å². The van der Waals surface area contributed by atoms with E-state index in [-0.39, 0.29) is 29.1 Å². The second-order valence-electron chi connectivity index (χ2n) is 10.8. The summed E-state index contributed by atoms with van der Waals surface area (Å²) in [5.41, 5.74) is 0.970. The number of ether oxygens (including phenoxy) is 1. The molecule has 0 aliphatic heterocycles. The van der Waals surface area contributed by atoms with E-state index in [1.165, 1.54) is 29.2 Å². The SMILES string of the molecule is CCOc1ccccc1N(CC(=O)N(Cc1ccc(Cl)cc1)[C@@H](CC)C(=O)NC1CCCCC1)S(=O)(=O)c1ccc(Cl)cc1. The predicted molar refractivity (Wildman–Crippen MR) is 175 cm³/mol. The molecule has 0 radical (unpaired) electrons. The normalized spacial score (nSPS) is 14.5. The first kappa shape index (κ1) is 33.6. The average molecular weight is 661 g/mol. The van der Waals surface area contributed by atoms with Crippen LogP contribution in [-0.2, 0) is 26.2 Å². The minimum atomic E-state index is -4.26. The summed E-state index contributed by atoms with van der Waals surface area (Å²) in [4.78, 5) is 29.5. The Balaban J connectivity index is 1.74. The molecule has 0 unspecified atom stereocenters. The fourth-order valence-electron chi connectivity index (χ4n) is 5.44. The molecule has 0 heterocycles. The highest BCUT2D eigenvalue weighted by atomic mass is 35.5. The topological polar surface area (TPSA) is 96.0 Å². The number of halogens is 2. The van der Waals surface area contributed by atoms with Crippen LogP contribution in [0.15, 0.2) is 77.7 Å². The summed E-state index contributed by atoms with van der Waals surface area (Å²) in [6.45, 7) is 3.47. The van der Waals surface area contributed by atoms with E-state index in [1.54, 1.807) is 55.5 Å². The number of para-hydroxylation sites is 2. The quantitative estimate of drug-likeness (QED) is 0.217. The molecule has 0 saturated heterocycles. The lowest BCUT2D eigenvalue weighted by Gasteiger charge is -2.34. The molecular formula is C33H39Cl2N3O5S. The Hall–Kier alpha value is -3.27. The van der Waals surface area contributed by atoms with Crippen LogP contribution in [-0.4, -0.2) is 50.4 Å². The van der Waals surface area contributed by atoms with E-state index in [0.717, 1.165) is 42.0 Å². The monoisotopic (exact) mass is 659 g/mol. The van der Waals surface area contributed by atoms with Crippen molar-refractivity contribution in [2.75, 3.05) is 17.5 Å². The zero-order chi connectivity index (χ0) is 31.7. The Bertz CT molecular complexity index is 1510. The zero-order valence-corrected chi connectivity index (χ0v) is 27.4. The number of amides is 2. The van der Waals surface area contributed by atoms with Gasteiger partial charge in [-0.25, -0.2) is 8.42 Å². The van der Waals surface area contributed by atoms with Gasteiger partial charge in [-0.3, -0.25) is 13.9 Å². The summed E-state index contributed by atoms with van der Waals surface area (Å²) in [7, 11) is -4.26. The molecule has 0 aromatic heterocycles. The van der Waals surface area contributed by atoms with Crippen molar-refractivity contribution in [1.82, 2.24) is 10.2 Å². The van der Waals surface area contributed by atoms with Gasteiger partial charge in [0.25, 0.3) is 10.0 Å². The maximum Gasteiger partial charge on any atom is 0.264 e. The molecule has 236 valence electrons. The maximum absolute atomic E-state index is 14.3. The van der Waals surface area contributed by atoms with Gasteiger partial charge in [0.2, 0.25) is 11.8 Å². The summed E-state index contributed by atoms with van der Waals surface area (Å²) >= 11 is 12.2. The van der Waals surface area contributed by atoms with Gasteiger partial charge in [0, 0.05) is 22.6 Å². The summed E-state index contributed by atoms with van der Waals surface area (Å²) in [5, 5.41) is 4.08.